The third kappa shape index (κ3) is 1.69. The van der Waals surface area contributed by atoms with Gasteiger partial charge in [0.15, 0.2) is 0 Å². The van der Waals surface area contributed by atoms with Gasteiger partial charge in [-0.15, -0.1) is 0 Å². The van der Waals surface area contributed by atoms with E-state index in [0.717, 1.165) is 24.7 Å². The molecule has 18 heavy (non-hydrogen) atoms. The van der Waals surface area contributed by atoms with Crippen molar-refractivity contribution in [3.8, 4) is 0 Å². The van der Waals surface area contributed by atoms with Crippen molar-refractivity contribution < 1.29 is 13.2 Å². The third-order valence-corrected chi connectivity index (χ3v) is 3.71. The maximum absolute atomic E-state index is 12.7. The average Bonchev–Trinajstić information content (AvgIpc) is 2.53. The minimum absolute atomic E-state index is 0.414. The molecule has 0 radical (unpaired) electrons. The Labute approximate surface area is 102 Å². The number of hydrogen-bond donors (Lipinski definition) is 0. The van der Waals surface area contributed by atoms with Gasteiger partial charge >= 0.3 is 6.18 Å². The van der Waals surface area contributed by atoms with Crippen LogP contribution in [-0.2, 0) is 13.2 Å². The molecule has 1 heterocycles. The van der Waals surface area contributed by atoms with E-state index in [-0.39, 0.29) is 0 Å². The minimum Gasteiger partial charge on any atom is -0.331 e. The molecule has 2 aromatic rings. The molecule has 5 heteroatoms. The molecule has 0 amide bonds. The van der Waals surface area contributed by atoms with Gasteiger partial charge in [-0.25, -0.2) is 4.98 Å². The van der Waals surface area contributed by atoms with Gasteiger partial charge in [0.25, 0.3) is 0 Å². The molecule has 1 aromatic heterocycles. The van der Waals surface area contributed by atoms with Crippen molar-refractivity contribution in [2.24, 2.45) is 7.05 Å². The monoisotopic (exact) mass is 254 g/mol. The zero-order valence-corrected chi connectivity index (χ0v) is 9.96. The van der Waals surface area contributed by atoms with E-state index in [1.165, 1.54) is 18.6 Å². The Kier molecular flexibility index (Phi) is 2.40. The summed E-state index contributed by atoms with van der Waals surface area (Å²) in [4.78, 5) is 4.45. The van der Waals surface area contributed by atoms with Crippen LogP contribution >= 0.6 is 0 Å². The SMILES string of the molecule is Cn1c(C2CCC2)nc2ccc(C(F)(F)F)cc21. The fraction of sp³-hybridized carbons (Fsp3) is 0.462. The van der Waals surface area contributed by atoms with Crippen molar-refractivity contribution in [2.45, 2.75) is 31.4 Å². The second-order valence-electron chi connectivity index (χ2n) is 4.86. The standard InChI is InChI=1S/C13H13F3N2/c1-18-11-7-9(13(14,15)16)5-6-10(11)17-12(18)8-3-2-4-8/h5-8H,2-4H2,1H3. The summed E-state index contributed by atoms with van der Waals surface area (Å²) in [5.41, 5.74) is 0.595. The van der Waals surface area contributed by atoms with E-state index < -0.39 is 11.7 Å². The second-order valence-corrected chi connectivity index (χ2v) is 4.86. The fourth-order valence-electron chi connectivity index (χ4n) is 2.42. The number of nitrogens with zero attached hydrogens (tertiary/aromatic N) is 2. The van der Waals surface area contributed by atoms with Gasteiger partial charge in [0.1, 0.15) is 5.82 Å². The average molecular weight is 254 g/mol. The van der Waals surface area contributed by atoms with E-state index >= 15 is 0 Å². The van der Waals surface area contributed by atoms with Gasteiger partial charge in [-0.2, -0.15) is 13.2 Å². The van der Waals surface area contributed by atoms with Gasteiger partial charge in [-0.3, -0.25) is 0 Å². The van der Waals surface area contributed by atoms with Gasteiger partial charge in [-0.1, -0.05) is 6.42 Å². The van der Waals surface area contributed by atoms with Crippen LogP contribution < -0.4 is 0 Å². The normalized spacial score (nSPS) is 17.1. The number of aromatic nitrogens is 2. The largest absolute Gasteiger partial charge is 0.416 e. The van der Waals surface area contributed by atoms with Crippen molar-refractivity contribution in [1.29, 1.82) is 0 Å². The van der Waals surface area contributed by atoms with E-state index in [9.17, 15) is 13.2 Å². The van der Waals surface area contributed by atoms with Crippen LogP contribution in [0.2, 0.25) is 0 Å². The Morgan fingerprint density at radius 2 is 2.00 bits per heavy atom. The summed E-state index contributed by atoms with van der Waals surface area (Å²) >= 11 is 0. The minimum atomic E-state index is -4.30. The molecule has 0 N–H and O–H groups in total. The molecule has 1 aliphatic carbocycles. The topological polar surface area (TPSA) is 17.8 Å². The maximum atomic E-state index is 12.7. The first-order chi connectivity index (χ1) is 8.47. The van der Waals surface area contributed by atoms with Crippen LogP contribution in [0.1, 0.15) is 36.6 Å². The molecule has 0 saturated heterocycles. The van der Waals surface area contributed by atoms with Crippen molar-refractivity contribution in [3.63, 3.8) is 0 Å². The van der Waals surface area contributed by atoms with Gasteiger partial charge in [0.2, 0.25) is 0 Å². The number of benzene rings is 1. The lowest BCUT2D eigenvalue weighted by molar-refractivity contribution is -0.137. The molecule has 0 bridgehead atoms. The predicted molar refractivity (Wildman–Crippen MR) is 62.3 cm³/mol. The molecule has 3 rings (SSSR count). The number of rotatable bonds is 1. The summed E-state index contributed by atoms with van der Waals surface area (Å²) in [7, 11) is 1.79. The van der Waals surface area contributed by atoms with E-state index in [4.69, 9.17) is 0 Å². The molecule has 2 nitrogen and oxygen atoms in total. The Morgan fingerprint density at radius 3 is 2.56 bits per heavy atom. The maximum Gasteiger partial charge on any atom is 0.416 e. The highest BCUT2D eigenvalue weighted by molar-refractivity contribution is 5.77. The molecule has 1 aliphatic rings. The highest BCUT2D eigenvalue weighted by Crippen LogP contribution is 2.38. The van der Waals surface area contributed by atoms with Crippen molar-refractivity contribution in [1.82, 2.24) is 9.55 Å². The van der Waals surface area contributed by atoms with Crippen LogP contribution in [0.5, 0.6) is 0 Å². The van der Waals surface area contributed by atoms with Crippen LogP contribution in [0.4, 0.5) is 13.2 Å². The van der Waals surface area contributed by atoms with Crippen LogP contribution in [0.15, 0.2) is 18.2 Å². The molecule has 0 aliphatic heterocycles. The molecule has 1 aromatic carbocycles. The molecular weight excluding hydrogens is 241 g/mol. The summed E-state index contributed by atoms with van der Waals surface area (Å²) in [5, 5.41) is 0. The zero-order chi connectivity index (χ0) is 12.9. The highest BCUT2D eigenvalue weighted by atomic mass is 19.4. The Hall–Kier alpha value is -1.52. The molecule has 0 unspecified atom stereocenters. The number of aryl methyl sites for hydroxylation is 1. The van der Waals surface area contributed by atoms with Gasteiger partial charge < -0.3 is 4.57 Å². The van der Waals surface area contributed by atoms with E-state index in [2.05, 4.69) is 4.98 Å². The molecular formula is C13H13F3N2. The molecule has 96 valence electrons. The van der Waals surface area contributed by atoms with E-state index in [1.807, 2.05) is 0 Å². The number of fused-ring (bicyclic) bond motifs is 1. The van der Waals surface area contributed by atoms with Crippen molar-refractivity contribution >= 4 is 11.0 Å². The first-order valence-electron chi connectivity index (χ1n) is 6.00. The first-order valence-corrected chi connectivity index (χ1v) is 6.00. The van der Waals surface area contributed by atoms with Crippen LogP contribution in [-0.4, -0.2) is 9.55 Å². The van der Waals surface area contributed by atoms with E-state index in [1.54, 1.807) is 11.6 Å². The Morgan fingerprint density at radius 1 is 1.28 bits per heavy atom. The molecule has 1 saturated carbocycles. The summed E-state index contributed by atoms with van der Waals surface area (Å²) in [6.07, 6.45) is -0.941. The predicted octanol–water partition coefficient (Wildman–Crippen LogP) is 3.86. The number of hydrogen-bond acceptors (Lipinski definition) is 1. The van der Waals surface area contributed by atoms with Gasteiger partial charge in [0, 0.05) is 13.0 Å². The zero-order valence-electron chi connectivity index (χ0n) is 9.96. The number of halogens is 3. The lowest BCUT2D eigenvalue weighted by atomic mass is 9.85. The molecule has 0 atom stereocenters. The van der Waals surface area contributed by atoms with Gasteiger partial charge in [0.05, 0.1) is 16.6 Å². The number of alkyl halides is 3. The highest BCUT2D eigenvalue weighted by Gasteiger charge is 2.31. The quantitative estimate of drug-likeness (QED) is 0.755. The van der Waals surface area contributed by atoms with E-state index in [0.29, 0.717) is 17.0 Å². The van der Waals surface area contributed by atoms with Crippen molar-refractivity contribution in [3.05, 3.63) is 29.6 Å². The lowest BCUT2D eigenvalue weighted by Gasteiger charge is -2.24. The summed E-state index contributed by atoms with van der Waals surface area (Å²) in [6, 6.07) is 3.74. The Balaban J connectivity index is 2.13. The smallest absolute Gasteiger partial charge is 0.331 e. The summed E-state index contributed by atoms with van der Waals surface area (Å²) < 4.78 is 39.8. The molecule has 0 spiro atoms. The summed E-state index contributed by atoms with van der Waals surface area (Å²) in [5.74, 6) is 1.33. The van der Waals surface area contributed by atoms with Gasteiger partial charge in [-0.05, 0) is 31.0 Å². The molecule has 1 fully saturated rings. The third-order valence-electron chi connectivity index (χ3n) is 3.71. The van der Waals surface area contributed by atoms with Crippen LogP contribution in [0.3, 0.4) is 0 Å². The second kappa shape index (κ2) is 3.73. The fourth-order valence-corrected chi connectivity index (χ4v) is 2.42. The van der Waals surface area contributed by atoms with Crippen LogP contribution in [0.25, 0.3) is 11.0 Å². The summed E-state index contributed by atoms with van der Waals surface area (Å²) in [6.45, 7) is 0. The lowest BCUT2D eigenvalue weighted by Crippen LogP contribution is -2.13. The Bertz CT molecular complexity index is 594. The van der Waals surface area contributed by atoms with Crippen molar-refractivity contribution in [2.75, 3.05) is 0 Å². The number of imidazole rings is 1. The first kappa shape index (κ1) is 11.6. The van der Waals surface area contributed by atoms with Crippen LogP contribution in [0, 0.1) is 0 Å².